The number of nitrogens with one attached hydrogen (secondary N) is 1. The van der Waals surface area contributed by atoms with Crippen LogP contribution < -0.4 is 11.5 Å². The summed E-state index contributed by atoms with van der Waals surface area (Å²) in [6.45, 7) is 0. The molecule has 1 aromatic heterocycles. The number of primary amides is 1. The van der Waals surface area contributed by atoms with Gasteiger partial charge in [-0.05, 0) is 24.1 Å². The number of hydrogen-bond acceptors (Lipinski definition) is 4. The number of carbonyl (C=O) groups excluding carboxylic acids is 1. The van der Waals surface area contributed by atoms with Crippen molar-refractivity contribution in [3.63, 3.8) is 0 Å². The van der Waals surface area contributed by atoms with Gasteiger partial charge in [-0.2, -0.15) is 0 Å². The molecule has 0 atom stereocenters. The summed E-state index contributed by atoms with van der Waals surface area (Å²) >= 11 is 1.77. The molecule has 0 bridgehead atoms. The zero-order valence-electron chi connectivity index (χ0n) is 9.56. The number of imidazole rings is 1. The van der Waals surface area contributed by atoms with Gasteiger partial charge in [-0.15, -0.1) is 11.8 Å². The van der Waals surface area contributed by atoms with E-state index in [0.717, 1.165) is 23.3 Å². The lowest BCUT2D eigenvalue weighted by molar-refractivity contribution is 0.100. The number of benzene rings is 1. The molecule has 5 N–H and O–H groups in total. The number of carbonyl (C=O) groups is 1. The van der Waals surface area contributed by atoms with Crippen LogP contribution in [-0.2, 0) is 0 Å². The van der Waals surface area contributed by atoms with E-state index in [1.54, 1.807) is 17.8 Å². The first-order chi connectivity index (χ1) is 8.65. The minimum atomic E-state index is -0.489. The quantitative estimate of drug-likeness (QED) is 0.765. The number of thioether (sulfide) groups is 1. The fraction of sp³-hybridized carbons (Fsp3) is 0.167. The van der Waals surface area contributed by atoms with Gasteiger partial charge in [-0.25, -0.2) is 4.98 Å². The van der Waals surface area contributed by atoms with Crippen molar-refractivity contribution >= 4 is 39.6 Å². The summed E-state index contributed by atoms with van der Waals surface area (Å²) in [6.07, 6.45) is 3.21. The van der Waals surface area contributed by atoms with Crippen LogP contribution in [0.3, 0.4) is 0 Å². The Morgan fingerprint density at radius 1 is 1.44 bits per heavy atom. The van der Waals surface area contributed by atoms with Crippen LogP contribution in [0.15, 0.2) is 18.2 Å². The second-order valence-corrected chi connectivity index (χ2v) is 5.25. The maximum Gasteiger partial charge on any atom is 0.250 e. The molecule has 0 radical (unpaired) electrons. The second-order valence-electron chi connectivity index (χ2n) is 4.11. The third-order valence-corrected chi connectivity index (χ3v) is 4.01. The normalized spacial score (nSPS) is 15.0. The SMILES string of the molecule is NC(=O)c1cc(C2=CCCS2)cc2[nH]c(N)nc12. The first-order valence-corrected chi connectivity index (χ1v) is 6.56. The number of amides is 1. The molecule has 1 aliphatic heterocycles. The highest BCUT2D eigenvalue weighted by atomic mass is 32.2. The van der Waals surface area contributed by atoms with Crippen LogP contribution in [0, 0.1) is 0 Å². The number of rotatable bonds is 2. The highest BCUT2D eigenvalue weighted by molar-refractivity contribution is 8.08. The van der Waals surface area contributed by atoms with Gasteiger partial charge >= 0.3 is 0 Å². The minimum absolute atomic E-state index is 0.290. The molecule has 2 aromatic rings. The molecule has 5 nitrogen and oxygen atoms in total. The average molecular weight is 260 g/mol. The Morgan fingerprint density at radius 3 is 2.94 bits per heavy atom. The summed E-state index contributed by atoms with van der Waals surface area (Å²) in [5.74, 6) is 0.874. The van der Waals surface area contributed by atoms with Gasteiger partial charge in [-0.3, -0.25) is 4.79 Å². The number of fused-ring (bicyclic) bond motifs is 1. The minimum Gasteiger partial charge on any atom is -0.369 e. The van der Waals surface area contributed by atoms with E-state index in [2.05, 4.69) is 16.0 Å². The van der Waals surface area contributed by atoms with Gasteiger partial charge in [0, 0.05) is 10.7 Å². The van der Waals surface area contributed by atoms with E-state index in [-0.39, 0.29) is 5.95 Å². The third-order valence-electron chi connectivity index (χ3n) is 2.86. The summed E-state index contributed by atoms with van der Waals surface area (Å²) in [5, 5.41) is 0. The maximum absolute atomic E-state index is 11.5. The van der Waals surface area contributed by atoms with Crippen molar-refractivity contribution in [2.24, 2.45) is 5.73 Å². The predicted octanol–water partition coefficient (Wildman–Crippen LogP) is 1.72. The lowest BCUT2D eigenvalue weighted by atomic mass is 10.1. The fourth-order valence-electron chi connectivity index (χ4n) is 2.09. The Labute approximate surface area is 108 Å². The van der Waals surface area contributed by atoms with Gasteiger partial charge in [0.25, 0.3) is 5.91 Å². The zero-order valence-corrected chi connectivity index (χ0v) is 10.4. The van der Waals surface area contributed by atoms with E-state index in [1.807, 2.05) is 6.07 Å². The van der Waals surface area contributed by atoms with Gasteiger partial charge in [0.1, 0.15) is 5.52 Å². The Kier molecular flexibility index (Phi) is 2.52. The number of allylic oxidation sites excluding steroid dienone is 1. The Morgan fingerprint density at radius 2 is 2.28 bits per heavy atom. The van der Waals surface area contributed by atoms with Crippen LogP contribution in [0.2, 0.25) is 0 Å². The predicted molar refractivity (Wildman–Crippen MR) is 74.1 cm³/mol. The molecule has 18 heavy (non-hydrogen) atoms. The number of aromatic nitrogens is 2. The molecule has 0 aliphatic carbocycles. The summed E-state index contributed by atoms with van der Waals surface area (Å²) in [4.78, 5) is 19.7. The molecule has 0 saturated heterocycles. The Balaban J connectivity index is 2.25. The van der Waals surface area contributed by atoms with Crippen LogP contribution in [0.1, 0.15) is 22.3 Å². The van der Waals surface area contributed by atoms with Gasteiger partial charge in [0.15, 0.2) is 5.95 Å². The molecule has 92 valence electrons. The molecule has 0 spiro atoms. The van der Waals surface area contributed by atoms with E-state index in [9.17, 15) is 4.79 Å². The highest BCUT2D eigenvalue weighted by Crippen LogP contribution is 2.35. The first kappa shape index (κ1) is 11.2. The Bertz CT molecular complexity index is 674. The van der Waals surface area contributed by atoms with Gasteiger partial charge < -0.3 is 16.5 Å². The summed E-state index contributed by atoms with van der Waals surface area (Å²) < 4.78 is 0. The molecule has 1 aliphatic rings. The smallest absolute Gasteiger partial charge is 0.250 e. The number of H-pyrrole nitrogens is 1. The molecule has 1 aromatic carbocycles. The van der Waals surface area contributed by atoms with Crippen molar-refractivity contribution in [3.8, 4) is 0 Å². The molecule has 1 amide bonds. The lowest BCUT2D eigenvalue weighted by Gasteiger charge is -2.04. The highest BCUT2D eigenvalue weighted by Gasteiger charge is 2.16. The molecule has 0 fully saturated rings. The summed E-state index contributed by atoms with van der Waals surface area (Å²) in [7, 11) is 0. The van der Waals surface area contributed by atoms with Crippen molar-refractivity contribution in [2.75, 3.05) is 11.5 Å². The number of nitrogens with zero attached hydrogens (tertiary/aromatic N) is 1. The van der Waals surface area contributed by atoms with Crippen LogP contribution in [-0.4, -0.2) is 21.6 Å². The van der Waals surface area contributed by atoms with Crippen molar-refractivity contribution in [3.05, 3.63) is 29.3 Å². The number of nitrogens with two attached hydrogens (primary N) is 2. The molecule has 6 heteroatoms. The fourth-order valence-corrected chi connectivity index (χ4v) is 3.06. The molecular weight excluding hydrogens is 248 g/mol. The van der Waals surface area contributed by atoms with Crippen molar-refractivity contribution in [2.45, 2.75) is 6.42 Å². The number of aromatic amines is 1. The number of nitrogen functional groups attached to an aromatic ring is 1. The van der Waals surface area contributed by atoms with Crippen LogP contribution in [0.25, 0.3) is 15.9 Å². The van der Waals surface area contributed by atoms with Gasteiger partial charge in [0.05, 0.1) is 11.1 Å². The Hall–Kier alpha value is -1.95. The lowest BCUT2D eigenvalue weighted by Crippen LogP contribution is -2.12. The topological polar surface area (TPSA) is 97.8 Å². The second kappa shape index (κ2) is 4.06. The summed E-state index contributed by atoms with van der Waals surface area (Å²) in [6, 6.07) is 3.74. The van der Waals surface area contributed by atoms with E-state index in [1.165, 1.54) is 4.91 Å². The van der Waals surface area contributed by atoms with E-state index < -0.39 is 5.91 Å². The molecule has 0 unspecified atom stereocenters. The molecular formula is C12H12N4OS. The van der Waals surface area contributed by atoms with E-state index in [0.29, 0.717) is 11.1 Å². The third kappa shape index (κ3) is 1.74. The molecule has 2 heterocycles. The van der Waals surface area contributed by atoms with Crippen LogP contribution >= 0.6 is 11.8 Å². The average Bonchev–Trinajstić information content (AvgIpc) is 2.93. The number of anilines is 1. The standard InChI is InChI=1S/C12H12N4OS/c13-11(17)7-4-6(9-2-1-3-18-9)5-8-10(7)16-12(14)15-8/h2,4-5H,1,3H2,(H2,13,17)(H3,14,15,16). The maximum atomic E-state index is 11.5. The first-order valence-electron chi connectivity index (χ1n) is 5.57. The van der Waals surface area contributed by atoms with E-state index >= 15 is 0 Å². The van der Waals surface area contributed by atoms with Gasteiger partial charge in [-0.1, -0.05) is 6.08 Å². The summed E-state index contributed by atoms with van der Waals surface area (Å²) in [5.41, 5.74) is 13.7. The van der Waals surface area contributed by atoms with Crippen molar-refractivity contribution < 1.29 is 4.79 Å². The molecule has 0 saturated carbocycles. The van der Waals surface area contributed by atoms with Crippen molar-refractivity contribution in [1.82, 2.24) is 9.97 Å². The van der Waals surface area contributed by atoms with E-state index in [4.69, 9.17) is 11.5 Å². The van der Waals surface area contributed by atoms with Crippen LogP contribution in [0.5, 0.6) is 0 Å². The van der Waals surface area contributed by atoms with Gasteiger partial charge in [0.2, 0.25) is 0 Å². The van der Waals surface area contributed by atoms with Crippen LogP contribution in [0.4, 0.5) is 5.95 Å². The number of hydrogen-bond donors (Lipinski definition) is 3. The largest absolute Gasteiger partial charge is 0.369 e. The monoisotopic (exact) mass is 260 g/mol. The molecule has 3 rings (SSSR count). The zero-order chi connectivity index (χ0) is 12.7. The van der Waals surface area contributed by atoms with Crippen molar-refractivity contribution in [1.29, 1.82) is 0 Å².